The number of H-pyrrole nitrogens is 1. The van der Waals surface area contributed by atoms with Crippen LogP contribution in [0.3, 0.4) is 0 Å². The SMILES string of the molecule is Cc1ccc(NN)c(C(=O)N(C)Cc2ncc[nH]2)c1. The maximum absolute atomic E-state index is 12.4. The van der Waals surface area contributed by atoms with Crippen LogP contribution in [0.5, 0.6) is 0 Å². The molecule has 1 heterocycles. The monoisotopic (exact) mass is 259 g/mol. The van der Waals surface area contributed by atoms with Crippen LogP contribution in [0.2, 0.25) is 0 Å². The molecular formula is C13H17N5O. The minimum atomic E-state index is -0.104. The number of hydrogen-bond acceptors (Lipinski definition) is 4. The van der Waals surface area contributed by atoms with E-state index in [1.54, 1.807) is 30.4 Å². The molecule has 4 N–H and O–H groups in total. The van der Waals surface area contributed by atoms with Crippen molar-refractivity contribution in [2.24, 2.45) is 5.84 Å². The lowest BCUT2D eigenvalue weighted by Crippen LogP contribution is -2.28. The predicted molar refractivity (Wildman–Crippen MR) is 73.4 cm³/mol. The Morgan fingerprint density at radius 1 is 1.53 bits per heavy atom. The first kappa shape index (κ1) is 13.1. The van der Waals surface area contributed by atoms with Gasteiger partial charge >= 0.3 is 0 Å². The summed E-state index contributed by atoms with van der Waals surface area (Å²) in [6.45, 7) is 2.35. The molecule has 100 valence electrons. The molecule has 0 aliphatic heterocycles. The summed E-state index contributed by atoms with van der Waals surface area (Å²) in [4.78, 5) is 21.1. The number of anilines is 1. The number of carbonyl (C=O) groups is 1. The molecule has 6 heteroatoms. The topological polar surface area (TPSA) is 87.0 Å². The number of amides is 1. The molecule has 0 saturated carbocycles. The molecule has 2 aromatic rings. The largest absolute Gasteiger partial charge is 0.347 e. The molecule has 0 radical (unpaired) electrons. The maximum Gasteiger partial charge on any atom is 0.256 e. The van der Waals surface area contributed by atoms with Crippen LogP contribution in [0, 0.1) is 6.92 Å². The van der Waals surface area contributed by atoms with Crippen molar-refractivity contribution < 1.29 is 4.79 Å². The van der Waals surface area contributed by atoms with Gasteiger partial charge in [-0.25, -0.2) is 4.98 Å². The number of nitrogens with zero attached hydrogens (tertiary/aromatic N) is 2. The van der Waals surface area contributed by atoms with Gasteiger partial charge in [0.05, 0.1) is 17.8 Å². The number of nitrogens with two attached hydrogens (primary N) is 1. The van der Waals surface area contributed by atoms with E-state index in [2.05, 4.69) is 15.4 Å². The van der Waals surface area contributed by atoms with Gasteiger partial charge in [0.25, 0.3) is 5.91 Å². The molecule has 0 spiro atoms. The highest BCUT2D eigenvalue weighted by molar-refractivity contribution is 5.99. The van der Waals surface area contributed by atoms with E-state index >= 15 is 0 Å². The first-order valence-electron chi connectivity index (χ1n) is 5.93. The van der Waals surface area contributed by atoms with E-state index in [1.165, 1.54) is 0 Å². The van der Waals surface area contributed by atoms with Gasteiger partial charge in [0.2, 0.25) is 0 Å². The summed E-state index contributed by atoms with van der Waals surface area (Å²) in [5.74, 6) is 6.07. The van der Waals surface area contributed by atoms with Crippen LogP contribution in [0.1, 0.15) is 21.7 Å². The normalized spacial score (nSPS) is 10.3. The Balaban J connectivity index is 2.21. The summed E-state index contributed by atoms with van der Waals surface area (Å²) in [5, 5.41) is 0. The van der Waals surface area contributed by atoms with Crippen LogP contribution >= 0.6 is 0 Å². The molecule has 0 saturated heterocycles. The van der Waals surface area contributed by atoms with Crippen LogP contribution in [0.15, 0.2) is 30.6 Å². The average Bonchev–Trinajstić information content (AvgIpc) is 2.90. The standard InChI is InChI=1S/C13H17N5O/c1-9-3-4-11(17-14)10(7-9)13(19)18(2)8-12-15-5-6-16-12/h3-7,17H,8,14H2,1-2H3,(H,15,16). The van der Waals surface area contributed by atoms with E-state index in [0.29, 0.717) is 17.8 Å². The first-order chi connectivity index (χ1) is 9.11. The number of benzene rings is 1. The minimum Gasteiger partial charge on any atom is -0.347 e. The number of nitrogen functional groups attached to an aromatic ring is 1. The second-order valence-corrected chi connectivity index (χ2v) is 4.39. The van der Waals surface area contributed by atoms with Gasteiger partial charge in [-0.1, -0.05) is 11.6 Å². The van der Waals surface area contributed by atoms with Gasteiger partial charge in [-0.3, -0.25) is 10.6 Å². The lowest BCUT2D eigenvalue weighted by atomic mass is 10.1. The van der Waals surface area contributed by atoms with Crippen molar-refractivity contribution in [3.8, 4) is 0 Å². The Morgan fingerprint density at radius 3 is 2.95 bits per heavy atom. The van der Waals surface area contributed by atoms with Gasteiger partial charge in [0, 0.05) is 19.4 Å². The summed E-state index contributed by atoms with van der Waals surface area (Å²) in [6.07, 6.45) is 3.39. The summed E-state index contributed by atoms with van der Waals surface area (Å²) in [6, 6.07) is 5.51. The lowest BCUT2D eigenvalue weighted by Gasteiger charge is -2.18. The van der Waals surface area contributed by atoms with Gasteiger partial charge < -0.3 is 15.3 Å². The fourth-order valence-corrected chi connectivity index (χ4v) is 1.85. The number of nitrogens with one attached hydrogen (secondary N) is 2. The van der Waals surface area contributed by atoms with Crippen molar-refractivity contribution in [1.82, 2.24) is 14.9 Å². The molecule has 1 aromatic heterocycles. The van der Waals surface area contributed by atoms with Crippen LogP contribution < -0.4 is 11.3 Å². The summed E-state index contributed by atoms with van der Waals surface area (Å²) < 4.78 is 0. The average molecular weight is 259 g/mol. The third kappa shape index (κ3) is 2.92. The fraction of sp³-hybridized carbons (Fsp3) is 0.231. The molecule has 19 heavy (non-hydrogen) atoms. The third-order valence-corrected chi connectivity index (χ3v) is 2.85. The zero-order valence-corrected chi connectivity index (χ0v) is 11.0. The van der Waals surface area contributed by atoms with E-state index < -0.39 is 0 Å². The van der Waals surface area contributed by atoms with Crippen LogP contribution in [0.25, 0.3) is 0 Å². The Labute approximate surface area is 111 Å². The highest BCUT2D eigenvalue weighted by atomic mass is 16.2. The molecule has 0 aliphatic carbocycles. The molecule has 0 bridgehead atoms. The number of rotatable bonds is 4. The summed E-state index contributed by atoms with van der Waals surface area (Å²) in [7, 11) is 1.73. The molecule has 0 atom stereocenters. The van der Waals surface area contributed by atoms with Gasteiger partial charge in [-0.15, -0.1) is 0 Å². The Bertz CT molecular complexity index is 564. The molecule has 1 amide bonds. The quantitative estimate of drug-likeness (QED) is 0.570. The summed E-state index contributed by atoms with van der Waals surface area (Å²) in [5.41, 5.74) is 4.72. The first-order valence-corrected chi connectivity index (χ1v) is 5.93. The maximum atomic E-state index is 12.4. The van der Waals surface area contributed by atoms with E-state index in [1.807, 2.05) is 19.1 Å². The van der Waals surface area contributed by atoms with Crippen molar-refractivity contribution in [1.29, 1.82) is 0 Å². The number of hydrogen-bond donors (Lipinski definition) is 3. The number of carbonyl (C=O) groups excluding carboxylic acids is 1. The van der Waals surface area contributed by atoms with Crippen molar-refractivity contribution in [2.45, 2.75) is 13.5 Å². The number of imidazole rings is 1. The second kappa shape index (κ2) is 5.53. The van der Waals surface area contributed by atoms with Gasteiger partial charge in [-0.2, -0.15) is 0 Å². The molecule has 0 fully saturated rings. The second-order valence-electron chi connectivity index (χ2n) is 4.39. The van der Waals surface area contributed by atoms with Gasteiger partial charge in [0.15, 0.2) is 0 Å². The highest BCUT2D eigenvalue weighted by Crippen LogP contribution is 2.18. The van der Waals surface area contributed by atoms with Gasteiger partial charge in [0.1, 0.15) is 5.82 Å². The van der Waals surface area contributed by atoms with E-state index in [4.69, 9.17) is 5.84 Å². The number of aromatic nitrogens is 2. The molecule has 0 unspecified atom stereocenters. The number of hydrazine groups is 1. The van der Waals surface area contributed by atoms with Crippen molar-refractivity contribution >= 4 is 11.6 Å². The number of aromatic amines is 1. The van der Waals surface area contributed by atoms with Gasteiger partial charge in [-0.05, 0) is 19.1 Å². The van der Waals surface area contributed by atoms with E-state index in [0.717, 1.165) is 11.4 Å². The Morgan fingerprint density at radius 2 is 2.32 bits per heavy atom. The fourth-order valence-electron chi connectivity index (χ4n) is 1.85. The molecule has 6 nitrogen and oxygen atoms in total. The Kier molecular flexibility index (Phi) is 3.82. The van der Waals surface area contributed by atoms with E-state index in [9.17, 15) is 4.79 Å². The predicted octanol–water partition coefficient (Wildman–Crippen LogP) is 1.28. The third-order valence-electron chi connectivity index (χ3n) is 2.85. The highest BCUT2D eigenvalue weighted by Gasteiger charge is 2.16. The summed E-state index contributed by atoms with van der Waals surface area (Å²) >= 11 is 0. The molecule has 1 aromatic carbocycles. The van der Waals surface area contributed by atoms with Crippen LogP contribution in [-0.4, -0.2) is 27.8 Å². The van der Waals surface area contributed by atoms with Crippen molar-refractivity contribution in [3.63, 3.8) is 0 Å². The minimum absolute atomic E-state index is 0.104. The zero-order chi connectivity index (χ0) is 13.8. The van der Waals surface area contributed by atoms with Crippen molar-refractivity contribution in [2.75, 3.05) is 12.5 Å². The number of aryl methyl sites for hydroxylation is 1. The molecular weight excluding hydrogens is 242 g/mol. The smallest absolute Gasteiger partial charge is 0.256 e. The van der Waals surface area contributed by atoms with E-state index in [-0.39, 0.29) is 5.91 Å². The Hall–Kier alpha value is -2.34. The molecule has 2 rings (SSSR count). The van der Waals surface area contributed by atoms with Crippen molar-refractivity contribution in [3.05, 3.63) is 47.5 Å². The molecule has 0 aliphatic rings. The van der Waals surface area contributed by atoms with Crippen LogP contribution in [0.4, 0.5) is 5.69 Å². The zero-order valence-electron chi connectivity index (χ0n) is 11.0. The lowest BCUT2D eigenvalue weighted by molar-refractivity contribution is 0.0782. The van der Waals surface area contributed by atoms with Crippen LogP contribution in [-0.2, 0) is 6.54 Å².